The topological polar surface area (TPSA) is 71.9 Å². The van der Waals surface area contributed by atoms with Crippen LogP contribution in [0, 0.1) is 0 Å². The fourth-order valence-corrected chi connectivity index (χ4v) is 3.11. The van der Waals surface area contributed by atoms with E-state index in [0.717, 1.165) is 25.2 Å². The molecule has 1 atom stereocenters. The second-order valence-electron chi connectivity index (χ2n) is 6.15. The Bertz CT molecular complexity index is 670. The number of nitrogens with two attached hydrogens (primary N) is 1. The van der Waals surface area contributed by atoms with E-state index >= 15 is 0 Å². The van der Waals surface area contributed by atoms with Gasteiger partial charge in [0.05, 0.1) is 25.5 Å². The minimum Gasteiger partial charge on any atom is -0.464 e. The van der Waals surface area contributed by atoms with E-state index in [9.17, 15) is 4.79 Å². The second-order valence-corrected chi connectivity index (χ2v) is 6.15. The van der Waals surface area contributed by atoms with Gasteiger partial charge in [0.15, 0.2) is 0 Å². The van der Waals surface area contributed by atoms with Crippen LogP contribution in [0.4, 0.5) is 0 Å². The van der Waals surface area contributed by atoms with E-state index in [1.165, 1.54) is 10.9 Å². The van der Waals surface area contributed by atoms with E-state index in [2.05, 4.69) is 11.0 Å². The molecule has 1 saturated heterocycles. The van der Waals surface area contributed by atoms with Gasteiger partial charge in [-0.25, -0.2) is 0 Å². The largest absolute Gasteiger partial charge is 0.464 e. The number of amides is 1. The van der Waals surface area contributed by atoms with Crippen LogP contribution in [0.2, 0.25) is 0 Å². The number of carbonyl (C=O) groups is 1. The molecule has 6 nitrogen and oxygen atoms in total. The molecule has 1 amide bonds. The first-order chi connectivity index (χ1) is 11.1. The molecule has 3 rings (SSSR count). The molecule has 1 aromatic carbocycles. The van der Waals surface area contributed by atoms with Crippen molar-refractivity contribution in [2.45, 2.75) is 12.6 Å². The number of rotatable bonds is 6. The highest BCUT2D eigenvalue weighted by atomic mass is 16.5. The summed E-state index contributed by atoms with van der Waals surface area (Å²) in [5.41, 5.74) is 7.35. The van der Waals surface area contributed by atoms with Gasteiger partial charge in [-0.2, -0.15) is 0 Å². The van der Waals surface area contributed by atoms with Crippen molar-refractivity contribution in [2.24, 2.45) is 5.73 Å². The van der Waals surface area contributed by atoms with Gasteiger partial charge >= 0.3 is 0 Å². The molecule has 2 heterocycles. The molecule has 0 aliphatic carbocycles. The molecule has 0 radical (unpaired) electrons. The second kappa shape index (κ2) is 7.12. The SMILES string of the molecule is CN(CC(N)=O)C[C@@H]1CN(Cc2coc3ccccc23)CCO1. The van der Waals surface area contributed by atoms with Crippen LogP contribution in [0.1, 0.15) is 5.56 Å². The summed E-state index contributed by atoms with van der Waals surface area (Å²) >= 11 is 0. The summed E-state index contributed by atoms with van der Waals surface area (Å²) in [5, 5.41) is 1.17. The minimum absolute atomic E-state index is 0.0891. The molecule has 0 bridgehead atoms. The Morgan fingerprint density at radius 1 is 1.43 bits per heavy atom. The quantitative estimate of drug-likeness (QED) is 0.862. The van der Waals surface area contributed by atoms with Crippen molar-refractivity contribution in [1.82, 2.24) is 9.80 Å². The number of para-hydroxylation sites is 1. The van der Waals surface area contributed by atoms with Crippen LogP contribution in [-0.4, -0.2) is 61.6 Å². The maximum Gasteiger partial charge on any atom is 0.231 e. The Kier molecular flexibility index (Phi) is 4.95. The summed E-state index contributed by atoms with van der Waals surface area (Å²) in [6.07, 6.45) is 1.93. The number of benzene rings is 1. The van der Waals surface area contributed by atoms with E-state index < -0.39 is 0 Å². The summed E-state index contributed by atoms with van der Waals surface area (Å²) in [6.45, 7) is 4.23. The highest BCUT2D eigenvalue weighted by Gasteiger charge is 2.23. The third kappa shape index (κ3) is 4.10. The van der Waals surface area contributed by atoms with Crippen LogP contribution in [-0.2, 0) is 16.1 Å². The van der Waals surface area contributed by atoms with Gasteiger partial charge in [0.25, 0.3) is 0 Å². The molecule has 1 fully saturated rings. The Labute approximate surface area is 135 Å². The lowest BCUT2D eigenvalue weighted by Crippen LogP contribution is -2.47. The van der Waals surface area contributed by atoms with Crippen LogP contribution < -0.4 is 5.73 Å². The van der Waals surface area contributed by atoms with Crippen molar-refractivity contribution in [3.8, 4) is 0 Å². The average Bonchev–Trinajstić information content (AvgIpc) is 2.90. The number of morpholine rings is 1. The van der Waals surface area contributed by atoms with Crippen LogP contribution in [0.3, 0.4) is 0 Å². The maximum absolute atomic E-state index is 11.0. The molecule has 2 N–H and O–H groups in total. The van der Waals surface area contributed by atoms with Crippen LogP contribution in [0.5, 0.6) is 0 Å². The molecule has 1 aliphatic rings. The first kappa shape index (κ1) is 16.0. The van der Waals surface area contributed by atoms with Gasteiger partial charge in [0.2, 0.25) is 5.91 Å². The maximum atomic E-state index is 11.0. The fourth-order valence-electron chi connectivity index (χ4n) is 3.11. The lowest BCUT2D eigenvalue weighted by molar-refractivity contribution is -0.119. The van der Waals surface area contributed by atoms with Crippen molar-refractivity contribution in [3.05, 3.63) is 36.1 Å². The normalized spacial score (nSPS) is 19.5. The molecule has 0 spiro atoms. The number of likely N-dealkylation sites (N-methyl/N-ethyl adjacent to an activating group) is 1. The van der Waals surface area contributed by atoms with Gasteiger partial charge in [-0.15, -0.1) is 0 Å². The minimum atomic E-state index is -0.315. The van der Waals surface area contributed by atoms with E-state index in [0.29, 0.717) is 13.2 Å². The Morgan fingerprint density at radius 2 is 2.26 bits per heavy atom. The van der Waals surface area contributed by atoms with E-state index in [1.807, 2.05) is 36.4 Å². The summed E-state index contributed by atoms with van der Waals surface area (Å²) in [4.78, 5) is 15.2. The number of ether oxygens (including phenoxy) is 1. The fraction of sp³-hybridized carbons (Fsp3) is 0.471. The standard InChI is InChI=1S/C17H23N3O3/c1-19(11-17(18)21)9-14-10-20(6-7-22-14)8-13-12-23-16-5-3-2-4-15(13)16/h2-5,12,14H,6-11H2,1H3,(H2,18,21)/t14-/m1/s1. The molecule has 0 unspecified atom stereocenters. The lowest BCUT2D eigenvalue weighted by atomic mass is 10.1. The predicted molar refractivity (Wildman–Crippen MR) is 87.9 cm³/mol. The van der Waals surface area contributed by atoms with E-state index in [4.69, 9.17) is 14.9 Å². The number of fused-ring (bicyclic) bond motifs is 1. The Hall–Kier alpha value is -1.89. The zero-order valence-corrected chi connectivity index (χ0v) is 13.4. The molecule has 1 aliphatic heterocycles. The van der Waals surface area contributed by atoms with Gasteiger partial charge in [-0.1, -0.05) is 18.2 Å². The lowest BCUT2D eigenvalue weighted by Gasteiger charge is -2.34. The first-order valence-electron chi connectivity index (χ1n) is 7.87. The Morgan fingerprint density at radius 3 is 3.09 bits per heavy atom. The van der Waals surface area contributed by atoms with Crippen LogP contribution in [0.15, 0.2) is 34.9 Å². The summed E-state index contributed by atoms with van der Waals surface area (Å²) in [6, 6.07) is 8.09. The number of nitrogens with zero attached hydrogens (tertiary/aromatic N) is 2. The zero-order valence-electron chi connectivity index (χ0n) is 13.4. The van der Waals surface area contributed by atoms with Crippen molar-refractivity contribution in [3.63, 3.8) is 0 Å². The molecular weight excluding hydrogens is 294 g/mol. The Balaban J connectivity index is 1.59. The molecule has 124 valence electrons. The highest BCUT2D eigenvalue weighted by molar-refractivity contribution is 5.80. The van der Waals surface area contributed by atoms with Crippen molar-refractivity contribution >= 4 is 16.9 Å². The van der Waals surface area contributed by atoms with Crippen molar-refractivity contribution in [1.29, 1.82) is 0 Å². The number of carbonyl (C=O) groups excluding carboxylic acids is 1. The van der Waals surface area contributed by atoms with Crippen molar-refractivity contribution < 1.29 is 13.9 Å². The number of hydrogen-bond donors (Lipinski definition) is 1. The smallest absolute Gasteiger partial charge is 0.231 e. The van der Waals surface area contributed by atoms with Gasteiger partial charge in [-0.05, 0) is 13.1 Å². The molecule has 0 saturated carbocycles. The van der Waals surface area contributed by atoms with Gasteiger partial charge in [0, 0.05) is 37.1 Å². The number of primary amides is 1. The average molecular weight is 317 g/mol. The van der Waals surface area contributed by atoms with E-state index in [-0.39, 0.29) is 18.6 Å². The number of furan rings is 1. The zero-order chi connectivity index (χ0) is 16.2. The molecular formula is C17H23N3O3. The summed E-state index contributed by atoms with van der Waals surface area (Å²) < 4.78 is 11.4. The highest BCUT2D eigenvalue weighted by Crippen LogP contribution is 2.22. The van der Waals surface area contributed by atoms with Crippen LogP contribution in [0.25, 0.3) is 11.0 Å². The summed E-state index contributed by atoms with van der Waals surface area (Å²) in [5.74, 6) is -0.315. The predicted octanol–water partition coefficient (Wildman–Crippen LogP) is 1.05. The van der Waals surface area contributed by atoms with E-state index in [1.54, 1.807) is 0 Å². The van der Waals surface area contributed by atoms with Gasteiger partial charge in [-0.3, -0.25) is 14.6 Å². The third-order valence-electron chi connectivity index (χ3n) is 4.12. The monoisotopic (exact) mass is 317 g/mol. The van der Waals surface area contributed by atoms with Crippen LogP contribution >= 0.6 is 0 Å². The molecule has 2 aromatic rings. The molecule has 1 aromatic heterocycles. The first-order valence-corrected chi connectivity index (χ1v) is 7.87. The molecule has 23 heavy (non-hydrogen) atoms. The van der Waals surface area contributed by atoms with Gasteiger partial charge in [0.1, 0.15) is 5.58 Å². The summed E-state index contributed by atoms with van der Waals surface area (Å²) in [7, 11) is 1.89. The van der Waals surface area contributed by atoms with Crippen molar-refractivity contribution in [2.75, 3.05) is 39.8 Å². The van der Waals surface area contributed by atoms with Gasteiger partial charge < -0.3 is 14.9 Å². The third-order valence-corrected chi connectivity index (χ3v) is 4.12. The number of hydrogen-bond acceptors (Lipinski definition) is 5. The molecule has 6 heteroatoms.